The zero-order valence-corrected chi connectivity index (χ0v) is 23.0. The van der Waals surface area contributed by atoms with Crippen LogP contribution in [0, 0.1) is 5.92 Å². The minimum absolute atomic E-state index is 0.0985. The quantitative estimate of drug-likeness (QED) is 0.258. The molecule has 2 heterocycles. The van der Waals surface area contributed by atoms with Gasteiger partial charge in [0.2, 0.25) is 23.6 Å². The second-order valence-corrected chi connectivity index (χ2v) is 12.0. The van der Waals surface area contributed by atoms with Crippen LogP contribution < -0.4 is 4.90 Å². The van der Waals surface area contributed by atoms with Gasteiger partial charge < -0.3 is 13.8 Å². The molecule has 0 atom stereocenters. The molecule has 1 aromatic carbocycles. The van der Waals surface area contributed by atoms with Crippen molar-refractivity contribution in [2.24, 2.45) is 5.92 Å². The lowest BCUT2D eigenvalue weighted by Gasteiger charge is -2.32. The number of benzene rings is 1. The fraction of sp³-hybridized carbons (Fsp3) is 0.621. The highest BCUT2D eigenvalue weighted by atomic mass is 19.3. The molecule has 0 N–H and O–H groups in total. The first-order valence-corrected chi connectivity index (χ1v) is 14.1. The predicted octanol–water partition coefficient (Wildman–Crippen LogP) is 6.87. The molecule has 2 fully saturated rings. The number of amides is 1. The highest BCUT2D eigenvalue weighted by Gasteiger charge is 2.39. The third kappa shape index (κ3) is 6.89. The van der Waals surface area contributed by atoms with Crippen LogP contribution in [-0.2, 0) is 16.6 Å². The Morgan fingerprint density at radius 2 is 1.85 bits per heavy atom. The van der Waals surface area contributed by atoms with Crippen molar-refractivity contribution in [2.75, 3.05) is 11.4 Å². The number of hydrogen-bond donors (Lipinski definition) is 0. The molecule has 0 radical (unpaired) electrons. The smallest absolute Gasteiger partial charge is 0.258 e. The minimum Gasteiger partial charge on any atom is -0.425 e. The summed E-state index contributed by atoms with van der Waals surface area (Å²) in [7, 11) is 0. The molecule has 10 heteroatoms. The van der Waals surface area contributed by atoms with E-state index in [4.69, 9.17) is 8.94 Å². The Kier molecular flexibility index (Phi) is 7.82. The lowest BCUT2D eigenvalue weighted by Crippen LogP contribution is -2.40. The molecule has 0 aliphatic heterocycles. The second kappa shape index (κ2) is 11.1. The van der Waals surface area contributed by atoms with E-state index in [9.17, 15) is 13.6 Å². The van der Waals surface area contributed by atoms with Crippen LogP contribution in [0.4, 0.5) is 14.5 Å². The molecule has 39 heavy (non-hydrogen) atoms. The lowest BCUT2D eigenvalue weighted by molar-refractivity contribution is -0.126. The summed E-state index contributed by atoms with van der Waals surface area (Å²) in [4.78, 5) is 19.9. The standard InChI is InChI=1S/C29H37F2N5O3/c1-28(2,3)27-34-33-23(38-27)10-5-4-6-17-36(26(37)20-13-15-29(30,31)16-14-20)22-9-7-8-21(18-22)25-32-24(35-39-25)19-11-12-19/h7-9,18-20H,4-6,10-17H2,1-3H3. The fourth-order valence-corrected chi connectivity index (χ4v) is 4.92. The number of aromatic nitrogens is 4. The SMILES string of the molecule is CC(C)(C)c1nnc(CCCCCN(C(=O)C2CCC(F)(F)CC2)c2cccc(-c3nc(C4CC4)no3)c2)o1. The largest absolute Gasteiger partial charge is 0.425 e. The van der Waals surface area contributed by atoms with Gasteiger partial charge in [-0.05, 0) is 56.7 Å². The van der Waals surface area contributed by atoms with Crippen molar-refractivity contribution in [3.8, 4) is 11.5 Å². The van der Waals surface area contributed by atoms with E-state index in [1.54, 1.807) is 4.90 Å². The Balaban J connectivity index is 1.25. The molecular formula is C29H37F2N5O3. The van der Waals surface area contributed by atoms with Gasteiger partial charge in [0.15, 0.2) is 5.82 Å². The van der Waals surface area contributed by atoms with Crippen molar-refractivity contribution in [1.29, 1.82) is 0 Å². The number of anilines is 1. The normalized spacial score (nSPS) is 17.9. The van der Waals surface area contributed by atoms with Gasteiger partial charge in [0.1, 0.15) is 0 Å². The van der Waals surface area contributed by atoms with E-state index in [-0.39, 0.29) is 37.0 Å². The second-order valence-electron chi connectivity index (χ2n) is 12.0. The van der Waals surface area contributed by atoms with Crippen molar-refractivity contribution >= 4 is 11.6 Å². The molecule has 210 valence electrons. The molecule has 5 rings (SSSR count). The lowest BCUT2D eigenvalue weighted by atomic mass is 9.85. The number of alkyl halides is 2. The van der Waals surface area contributed by atoms with E-state index in [1.165, 1.54) is 0 Å². The molecule has 2 aliphatic rings. The van der Waals surface area contributed by atoms with Gasteiger partial charge in [0.05, 0.1) is 0 Å². The number of carbonyl (C=O) groups excluding carboxylic acids is 1. The first kappa shape index (κ1) is 27.4. The molecule has 0 spiro atoms. The molecule has 2 aliphatic carbocycles. The molecule has 0 unspecified atom stereocenters. The van der Waals surface area contributed by atoms with Crippen molar-refractivity contribution in [3.05, 3.63) is 41.9 Å². The highest BCUT2D eigenvalue weighted by molar-refractivity contribution is 5.95. The Hall–Kier alpha value is -3.17. The van der Waals surface area contributed by atoms with E-state index >= 15 is 0 Å². The van der Waals surface area contributed by atoms with Crippen molar-refractivity contribution < 1.29 is 22.5 Å². The summed E-state index contributed by atoms with van der Waals surface area (Å²) < 4.78 is 38.9. The maximum absolute atomic E-state index is 13.8. The predicted molar refractivity (Wildman–Crippen MR) is 142 cm³/mol. The van der Waals surface area contributed by atoms with Gasteiger partial charge in [-0.2, -0.15) is 4.98 Å². The van der Waals surface area contributed by atoms with Crippen LogP contribution in [0.3, 0.4) is 0 Å². The third-order valence-electron chi connectivity index (χ3n) is 7.50. The zero-order chi connectivity index (χ0) is 27.6. The number of hydrogen-bond acceptors (Lipinski definition) is 7. The van der Waals surface area contributed by atoms with Gasteiger partial charge >= 0.3 is 0 Å². The van der Waals surface area contributed by atoms with E-state index < -0.39 is 11.8 Å². The van der Waals surface area contributed by atoms with E-state index in [0.717, 1.165) is 43.5 Å². The van der Waals surface area contributed by atoms with Gasteiger partial charge in [-0.1, -0.05) is 38.4 Å². The molecule has 3 aromatic rings. The number of aryl methyl sites for hydroxylation is 1. The van der Waals surface area contributed by atoms with Crippen LogP contribution in [0.25, 0.3) is 11.5 Å². The highest BCUT2D eigenvalue weighted by Crippen LogP contribution is 2.40. The van der Waals surface area contributed by atoms with Crippen LogP contribution >= 0.6 is 0 Å². The first-order chi connectivity index (χ1) is 18.6. The van der Waals surface area contributed by atoms with Crippen LogP contribution in [0.2, 0.25) is 0 Å². The summed E-state index contributed by atoms with van der Waals surface area (Å²) in [6, 6.07) is 7.51. The molecule has 2 saturated carbocycles. The van der Waals surface area contributed by atoms with E-state index in [1.807, 2.05) is 45.0 Å². The molecule has 0 saturated heterocycles. The summed E-state index contributed by atoms with van der Waals surface area (Å²) >= 11 is 0. The fourth-order valence-electron chi connectivity index (χ4n) is 4.92. The number of carbonyl (C=O) groups is 1. The molecule has 8 nitrogen and oxygen atoms in total. The Labute approximate surface area is 227 Å². The zero-order valence-electron chi connectivity index (χ0n) is 23.0. The van der Waals surface area contributed by atoms with Crippen LogP contribution in [-0.4, -0.2) is 38.7 Å². The summed E-state index contributed by atoms with van der Waals surface area (Å²) in [5.41, 5.74) is 1.27. The summed E-state index contributed by atoms with van der Waals surface area (Å²) in [6.45, 7) is 6.58. The average molecular weight is 542 g/mol. The van der Waals surface area contributed by atoms with Crippen LogP contribution in [0.1, 0.15) is 102 Å². The van der Waals surface area contributed by atoms with Gasteiger partial charge in [-0.3, -0.25) is 4.79 Å². The molecule has 0 bridgehead atoms. The molecule has 2 aromatic heterocycles. The number of rotatable bonds is 10. The number of unbranched alkanes of at least 4 members (excludes halogenated alkanes) is 2. The Morgan fingerprint density at radius 3 is 2.54 bits per heavy atom. The topological polar surface area (TPSA) is 98.2 Å². The monoisotopic (exact) mass is 541 g/mol. The maximum atomic E-state index is 13.8. The number of nitrogens with zero attached hydrogens (tertiary/aromatic N) is 5. The Morgan fingerprint density at radius 1 is 1.08 bits per heavy atom. The van der Waals surface area contributed by atoms with Crippen molar-refractivity contribution in [2.45, 2.75) is 102 Å². The summed E-state index contributed by atoms with van der Waals surface area (Å²) in [5, 5.41) is 12.4. The average Bonchev–Trinajstić information content (AvgIpc) is 3.41. The van der Waals surface area contributed by atoms with Crippen molar-refractivity contribution in [1.82, 2.24) is 20.3 Å². The molecule has 1 amide bonds. The Bertz CT molecular complexity index is 1270. The van der Waals surface area contributed by atoms with Crippen LogP contribution in [0.15, 0.2) is 33.2 Å². The molecular weight excluding hydrogens is 504 g/mol. The van der Waals surface area contributed by atoms with Gasteiger partial charge in [-0.15, -0.1) is 10.2 Å². The van der Waals surface area contributed by atoms with E-state index in [2.05, 4.69) is 20.3 Å². The van der Waals surface area contributed by atoms with Crippen molar-refractivity contribution in [3.63, 3.8) is 0 Å². The third-order valence-corrected chi connectivity index (χ3v) is 7.50. The van der Waals surface area contributed by atoms with Gasteiger partial charge in [0.25, 0.3) is 5.89 Å². The first-order valence-electron chi connectivity index (χ1n) is 14.1. The van der Waals surface area contributed by atoms with Gasteiger partial charge in [-0.25, -0.2) is 8.78 Å². The van der Waals surface area contributed by atoms with Gasteiger partial charge in [0, 0.05) is 54.3 Å². The summed E-state index contributed by atoms with van der Waals surface area (Å²) in [5.74, 6) is -0.418. The number of halogens is 2. The minimum atomic E-state index is -2.68. The summed E-state index contributed by atoms with van der Waals surface area (Å²) in [6.07, 6.45) is 5.18. The van der Waals surface area contributed by atoms with E-state index in [0.29, 0.717) is 42.2 Å². The van der Waals surface area contributed by atoms with Crippen LogP contribution in [0.5, 0.6) is 0 Å². The maximum Gasteiger partial charge on any atom is 0.258 e.